The van der Waals surface area contributed by atoms with Crippen LogP contribution in [-0.2, 0) is 4.79 Å². The van der Waals surface area contributed by atoms with Gasteiger partial charge in [-0.2, -0.15) is 0 Å². The van der Waals surface area contributed by atoms with Gasteiger partial charge in [-0.1, -0.05) is 6.92 Å². The predicted octanol–water partition coefficient (Wildman–Crippen LogP) is 0.455. The molecular weight excluding hydrogens is 306 g/mol. The molecule has 0 saturated carbocycles. The summed E-state index contributed by atoms with van der Waals surface area (Å²) in [5, 5.41) is 2.85. The third-order valence-corrected chi connectivity index (χ3v) is 4.74. The van der Waals surface area contributed by atoms with E-state index in [9.17, 15) is 4.79 Å². The Balaban J connectivity index is 1.74. The van der Waals surface area contributed by atoms with Crippen molar-refractivity contribution >= 4 is 23.4 Å². The number of nitrogens with one attached hydrogen (secondary N) is 1. The Bertz CT molecular complexity index is 637. The van der Waals surface area contributed by atoms with Crippen molar-refractivity contribution in [2.75, 3.05) is 36.4 Å². The maximum Gasteiger partial charge on any atom is 0.226 e. The monoisotopic (exact) mass is 331 g/mol. The maximum absolute atomic E-state index is 11.7. The van der Waals surface area contributed by atoms with Gasteiger partial charge in [-0.05, 0) is 18.8 Å². The number of piperidine rings is 1. The molecule has 2 aliphatic rings. The second kappa shape index (κ2) is 7.12. The number of carbonyl (C=O) groups excluding carboxylic acids is 1. The zero-order valence-electron chi connectivity index (χ0n) is 14.0. The summed E-state index contributed by atoms with van der Waals surface area (Å²) < 4.78 is 0. The fraction of sp³-hybridized carbons (Fsp3) is 0.625. The van der Waals surface area contributed by atoms with Gasteiger partial charge in [-0.15, -0.1) is 0 Å². The number of aliphatic imine (C=N–C) groups is 1. The maximum atomic E-state index is 11.7. The third-order valence-electron chi connectivity index (χ3n) is 4.74. The number of hydrogen-bond donors (Lipinski definition) is 3. The summed E-state index contributed by atoms with van der Waals surface area (Å²) in [5.41, 5.74) is 12.6. The Labute approximate surface area is 141 Å². The average molecular weight is 331 g/mol. The molecule has 0 bridgehead atoms. The number of nitrogens with zero attached hydrogens (tertiary/aromatic N) is 4. The first-order valence-corrected chi connectivity index (χ1v) is 8.49. The number of nitrogens with two attached hydrogens (primary N) is 2. The smallest absolute Gasteiger partial charge is 0.226 e. The molecule has 5 N–H and O–H groups in total. The molecule has 0 aromatic carbocycles. The zero-order chi connectivity index (χ0) is 17.1. The van der Waals surface area contributed by atoms with Crippen molar-refractivity contribution in [2.45, 2.75) is 32.1 Å². The van der Waals surface area contributed by atoms with Crippen LogP contribution in [-0.4, -0.2) is 47.9 Å². The molecule has 0 radical (unpaired) electrons. The van der Waals surface area contributed by atoms with Crippen molar-refractivity contribution < 1.29 is 4.79 Å². The standard InChI is InChI=1S/C16H25N7O/c1-10-8-12(24)22-15-13(10)16(21-9-20-15)23-6-2-11(3-7-23)14(18)19-5-4-17/h9-11H,2-8,17H2,1H3,(H2,18,19)(H,20,21,22,24). The van der Waals surface area contributed by atoms with Crippen LogP contribution in [0.5, 0.6) is 0 Å². The third kappa shape index (κ3) is 3.33. The first kappa shape index (κ1) is 16.6. The minimum Gasteiger partial charge on any atom is -0.387 e. The van der Waals surface area contributed by atoms with Crippen molar-refractivity contribution in [1.29, 1.82) is 0 Å². The molecule has 0 spiro atoms. The minimum absolute atomic E-state index is 0.0160. The van der Waals surface area contributed by atoms with E-state index in [1.807, 2.05) is 0 Å². The van der Waals surface area contributed by atoms with E-state index in [2.05, 4.69) is 32.1 Å². The van der Waals surface area contributed by atoms with Gasteiger partial charge in [0.1, 0.15) is 18.0 Å². The average Bonchev–Trinajstić information content (AvgIpc) is 2.59. The Morgan fingerprint density at radius 1 is 1.42 bits per heavy atom. The number of amidine groups is 1. The molecule has 130 valence electrons. The number of carbonyl (C=O) groups is 1. The lowest BCUT2D eigenvalue weighted by Gasteiger charge is -2.35. The predicted molar refractivity (Wildman–Crippen MR) is 94.2 cm³/mol. The summed E-state index contributed by atoms with van der Waals surface area (Å²) >= 11 is 0. The normalized spacial score (nSPS) is 22.2. The van der Waals surface area contributed by atoms with Gasteiger partial charge in [0.25, 0.3) is 0 Å². The Morgan fingerprint density at radius 3 is 2.88 bits per heavy atom. The minimum atomic E-state index is 0.0160. The fourth-order valence-electron chi connectivity index (χ4n) is 3.46. The van der Waals surface area contributed by atoms with Crippen molar-refractivity contribution in [3.05, 3.63) is 11.9 Å². The summed E-state index contributed by atoms with van der Waals surface area (Å²) in [6.07, 6.45) is 3.89. The van der Waals surface area contributed by atoms with Crippen LogP contribution in [0.25, 0.3) is 0 Å². The lowest BCUT2D eigenvalue weighted by molar-refractivity contribution is -0.116. The summed E-state index contributed by atoms with van der Waals surface area (Å²) in [6.45, 7) is 4.90. The SMILES string of the molecule is CC1CC(=O)Nc2ncnc(N3CCC(C(N)=NCCN)CC3)c21. The largest absolute Gasteiger partial charge is 0.387 e. The lowest BCUT2D eigenvalue weighted by Crippen LogP contribution is -2.40. The Hall–Kier alpha value is -2.22. The fourth-order valence-corrected chi connectivity index (χ4v) is 3.46. The highest BCUT2D eigenvalue weighted by Gasteiger charge is 2.30. The van der Waals surface area contributed by atoms with Gasteiger partial charge >= 0.3 is 0 Å². The van der Waals surface area contributed by atoms with Crippen LogP contribution in [0.3, 0.4) is 0 Å². The Morgan fingerprint density at radius 2 is 2.17 bits per heavy atom. The van der Waals surface area contributed by atoms with E-state index in [1.54, 1.807) is 0 Å². The molecule has 2 aliphatic heterocycles. The van der Waals surface area contributed by atoms with Crippen LogP contribution in [0.15, 0.2) is 11.3 Å². The molecule has 1 saturated heterocycles. The summed E-state index contributed by atoms with van der Waals surface area (Å²) in [5.74, 6) is 2.74. The number of rotatable bonds is 4. The highest BCUT2D eigenvalue weighted by molar-refractivity contribution is 5.94. The molecule has 1 unspecified atom stereocenters. The van der Waals surface area contributed by atoms with Crippen LogP contribution in [0, 0.1) is 5.92 Å². The van der Waals surface area contributed by atoms with Crippen LogP contribution in [0.4, 0.5) is 11.6 Å². The van der Waals surface area contributed by atoms with Crippen LogP contribution < -0.4 is 21.7 Å². The van der Waals surface area contributed by atoms with Gasteiger partial charge in [-0.25, -0.2) is 9.97 Å². The van der Waals surface area contributed by atoms with E-state index >= 15 is 0 Å². The van der Waals surface area contributed by atoms with E-state index in [0.717, 1.165) is 37.3 Å². The van der Waals surface area contributed by atoms with Gasteiger partial charge < -0.3 is 21.7 Å². The molecule has 24 heavy (non-hydrogen) atoms. The van der Waals surface area contributed by atoms with Gasteiger partial charge in [0, 0.05) is 37.5 Å². The first-order chi connectivity index (χ1) is 11.6. The topological polar surface area (TPSA) is 123 Å². The van der Waals surface area contributed by atoms with E-state index in [-0.39, 0.29) is 11.8 Å². The molecule has 3 rings (SSSR count). The number of anilines is 2. The summed E-state index contributed by atoms with van der Waals surface area (Å²) in [7, 11) is 0. The molecule has 1 aromatic heterocycles. The van der Waals surface area contributed by atoms with E-state index in [1.165, 1.54) is 6.33 Å². The second-order valence-corrected chi connectivity index (χ2v) is 6.47. The molecule has 8 nitrogen and oxygen atoms in total. The zero-order valence-corrected chi connectivity index (χ0v) is 14.0. The second-order valence-electron chi connectivity index (χ2n) is 6.47. The quantitative estimate of drug-likeness (QED) is 0.544. The number of hydrogen-bond acceptors (Lipinski definition) is 6. The number of amides is 1. The highest BCUT2D eigenvalue weighted by atomic mass is 16.1. The van der Waals surface area contributed by atoms with Crippen molar-refractivity contribution in [3.8, 4) is 0 Å². The molecule has 1 atom stereocenters. The van der Waals surface area contributed by atoms with Gasteiger partial charge in [0.2, 0.25) is 5.91 Å². The van der Waals surface area contributed by atoms with Crippen molar-refractivity contribution in [2.24, 2.45) is 22.4 Å². The first-order valence-electron chi connectivity index (χ1n) is 8.49. The van der Waals surface area contributed by atoms with Gasteiger partial charge in [0.05, 0.1) is 12.4 Å². The summed E-state index contributed by atoms with van der Waals surface area (Å²) in [4.78, 5) is 27.0. The molecule has 8 heteroatoms. The van der Waals surface area contributed by atoms with E-state index in [0.29, 0.717) is 37.1 Å². The number of fused-ring (bicyclic) bond motifs is 1. The molecule has 1 aromatic rings. The molecular formula is C16H25N7O. The van der Waals surface area contributed by atoms with E-state index in [4.69, 9.17) is 11.5 Å². The van der Waals surface area contributed by atoms with Crippen LogP contribution in [0.1, 0.15) is 37.7 Å². The van der Waals surface area contributed by atoms with Gasteiger partial charge in [0.15, 0.2) is 0 Å². The molecule has 1 fully saturated rings. The molecule has 0 aliphatic carbocycles. The number of aromatic nitrogens is 2. The Kier molecular flexibility index (Phi) is 4.94. The van der Waals surface area contributed by atoms with Crippen LogP contribution >= 0.6 is 0 Å². The summed E-state index contributed by atoms with van der Waals surface area (Å²) in [6, 6.07) is 0. The molecule has 3 heterocycles. The van der Waals surface area contributed by atoms with Gasteiger partial charge in [-0.3, -0.25) is 9.79 Å². The van der Waals surface area contributed by atoms with Crippen molar-refractivity contribution in [3.63, 3.8) is 0 Å². The highest BCUT2D eigenvalue weighted by Crippen LogP contribution is 2.37. The van der Waals surface area contributed by atoms with E-state index < -0.39 is 0 Å². The van der Waals surface area contributed by atoms with Crippen molar-refractivity contribution in [1.82, 2.24) is 9.97 Å². The van der Waals surface area contributed by atoms with Crippen LogP contribution in [0.2, 0.25) is 0 Å². The molecule has 1 amide bonds. The lowest BCUT2D eigenvalue weighted by atomic mass is 9.92.